The number of ketones is 1. The van der Waals surface area contributed by atoms with Gasteiger partial charge in [0.05, 0.1) is 11.5 Å². The molecule has 0 aliphatic heterocycles. The van der Waals surface area contributed by atoms with Crippen LogP contribution in [0.2, 0.25) is 0 Å². The Balaban J connectivity index is 3.89. The third-order valence-electron chi connectivity index (χ3n) is 6.64. The van der Waals surface area contributed by atoms with Gasteiger partial charge in [-0.1, -0.05) is 90.2 Å². The lowest BCUT2D eigenvalue weighted by Crippen LogP contribution is -2.31. The van der Waals surface area contributed by atoms with Crippen LogP contribution in [-0.2, 0) is 9.59 Å². The van der Waals surface area contributed by atoms with Gasteiger partial charge in [0.1, 0.15) is 5.78 Å². The normalized spacial score (nSPS) is 13.0. The van der Waals surface area contributed by atoms with Crippen molar-refractivity contribution in [1.82, 2.24) is 0 Å². The standard InChI is InChI=1S/C28H52O4/c1-4-6-22-28(27(31)32,23-7-5-2)24-18-14-10-8-9-11-16-20-26(30)21-17-13-12-15-19-25(3)29/h11,16,26,30H,4-10,12-15,17-24H2,1-3H3,(H,31,32)/b16-11-/t26-/m0/s1. The van der Waals surface area contributed by atoms with Crippen LogP contribution < -0.4 is 0 Å². The van der Waals surface area contributed by atoms with Gasteiger partial charge in [-0.3, -0.25) is 4.79 Å². The first-order chi connectivity index (χ1) is 15.4. The first-order valence-corrected chi connectivity index (χ1v) is 13.4. The van der Waals surface area contributed by atoms with Crippen LogP contribution in [0.1, 0.15) is 143 Å². The smallest absolute Gasteiger partial charge is 0.309 e. The predicted octanol–water partition coefficient (Wildman–Crippen LogP) is 8.02. The van der Waals surface area contributed by atoms with Crippen LogP contribution in [0.15, 0.2) is 12.2 Å². The van der Waals surface area contributed by atoms with Gasteiger partial charge in [0.25, 0.3) is 0 Å². The largest absolute Gasteiger partial charge is 0.481 e. The molecule has 0 heterocycles. The highest BCUT2D eigenvalue weighted by Gasteiger charge is 2.36. The van der Waals surface area contributed by atoms with E-state index in [9.17, 15) is 19.8 Å². The lowest BCUT2D eigenvalue weighted by Gasteiger charge is -2.29. The number of aliphatic hydroxyl groups excluding tert-OH is 1. The maximum absolute atomic E-state index is 12.0. The second-order valence-corrected chi connectivity index (χ2v) is 9.76. The van der Waals surface area contributed by atoms with Crippen LogP contribution in [0.25, 0.3) is 0 Å². The van der Waals surface area contributed by atoms with Crippen molar-refractivity contribution in [2.75, 3.05) is 0 Å². The molecule has 4 heteroatoms. The van der Waals surface area contributed by atoms with Gasteiger partial charge in [-0.15, -0.1) is 0 Å². The zero-order valence-electron chi connectivity index (χ0n) is 21.4. The van der Waals surface area contributed by atoms with E-state index in [1.807, 2.05) is 0 Å². The molecule has 32 heavy (non-hydrogen) atoms. The molecule has 4 nitrogen and oxygen atoms in total. The summed E-state index contributed by atoms with van der Waals surface area (Å²) in [5, 5.41) is 19.9. The maximum Gasteiger partial charge on any atom is 0.309 e. The molecule has 0 aliphatic rings. The van der Waals surface area contributed by atoms with E-state index in [1.54, 1.807) is 6.92 Å². The van der Waals surface area contributed by atoms with Crippen LogP contribution in [0.4, 0.5) is 0 Å². The zero-order chi connectivity index (χ0) is 24.1. The molecule has 0 aromatic rings. The van der Waals surface area contributed by atoms with E-state index >= 15 is 0 Å². The molecule has 188 valence electrons. The molecule has 0 saturated carbocycles. The Bertz CT molecular complexity index is 490. The van der Waals surface area contributed by atoms with Crippen LogP contribution in [-0.4, -0.2) is 28.1 Å². The van der Waals surface area contributed by atoms with Crippen molar-refractivity contribution in [2.45, 2.75) is 149 Å². The van der Waals surface area contributed by atoms with E-state index < -0.39 is 11.4 Å². The molecule has 0 aromatic carbocycles. The van der Waals surface area contributed by atoms with Crippen molar-refractivity contribution in [3.8, 4) is 0 Å². The average molecular weight is 453 g/mol. The topological polar surface area (TPSA) is 74.6 Å². The number of carboxylic acids is 1. The van der Waals surface area contributed by atoms with E-state index in [2.05, 4.69) is 26.0 Å². The van der Waals surface area contributed by atoms with Crippen molar-refractivity contribution in [1.29, 1.82) is 0 Å². The Morgan fingerprint density at radius 1 is 0.781 bits per heavy atom. The molecular weight excluding hydrogens is 400 g/mol. The molecule has 0 aromatic heterocycles. The van der Waals surface area contributed by atoms with Gasteiger partial charge in [0, 0.05) is 6.42 Å². The minimum absolute atomic E-state index is 0.255. The number of carboxylic acid groups (broad SMARTS) is 1. The van der Waals surface area contributed by atoms with Crippen LogP contribution in [0.5, 0.6) is 0 Å². The second kappa shape index (κ2) is 20.4. The number of aliphatic carboxylic acids is 1. The summed E-state index contributed by atoms with van der Waals surface area (Å²) in [4.78, 5) is 22.9. The van der Waals surface area contributed by atoms with Gasteiger partial charge in [-0.25, -0.2) is 0 Å². The SMILES string of the molecule is CCCCC(CCCC)(CCCCCC/C=C\C[C@H](O)CCCCCCC(C)=O)C(=O)O. The summed E-state index contributed by atoms with van der Waals surface area (Å²) in [6.07, 6.45) is 22.5. The highest BCUT2D eigenvalue weighted by Crippen LogP contribution is 2.37. The second-order valence-electron chi connectivity index (χ2n) is 9.76. The maximum atomic E-state index is 12.0. The van der Waals surface area contributed by atoms with E-state index in [4.69, 9.17) is 0 Å². The average Bonchev–Trinajstić information content (AvgIpc) is 2.76. The number of hydrogen-bond acceptors (Lipinski definition) is 3. The van der Waals surface area contributed by atoms with Crippen molar-refractivity contribution in [3.05, 3.63) is 12.2 Å². The number of carbonyl (C=O) groups excluding carboxylic acids is 1. The Morgan fingerprint density at radius 2 is 1.34 bits per heavy atom. The van der Waals surface area contributed by atoms with Crippen molar-refractivity contribution in [3.63, 3.8) is 0 Å². The molecule has 0 radical (unpaired) electrons. The third-order valence-corrected chi connectivity index (χ3v) is 6.64. The van der Waals surface area contributed by atoms with E-state index in [0.29, 0.717) is 6.42 Å². The van der Waals surface area contributed by atoms with E-state index in [-0.39, 0.29) is 11.9 Å². The number of carbonyl (C=O) groups is 2. The number of unbranched alkanes of at least 4 members (excludes halogenated alkanes) is 9. The fraction of sp³-hybridized carbons (Fsp3) is 0.857. The van der Waals surface area contributed by atoms with Crippen LogP contribution >= 0.6 is 0 Å². The fourth-order valence-corrected chi connectivity index (χ4v) is 4.40. The molecule has 0 saturated heterocycles. The van der Waals surface area contributed by atoms with Gasteiger partial charge in [-0.05, 0) is 58.3 Å². The van der Waals surface area contributed by atoms with Gasteiger partial charge in [0.15, 0.2) is 0 Å². The number of rotatable bonds is 23. The van der Waals surface area contributed by atoms with Gasteiger partial charge in [0.2, 0.25) is 0 Å². The van der Waals surface area contributed by atoms with Gasteiger partial charge < -0.3 is 15.0 Å². The van der Waals surface area contributed by atoms with Gasteiger partial charge in [-0.2, -0.15) is 0 Å². The lowest BCUT2D eigenvalue weighted by atomic mass is 9.74. The minimum Gasteiger partial charge on any atom is -0.481 e. The highest BCUT2D eigenvalue weighted by molar-refractivity contribution is 5.75. The Hall–Kier alpha value is -1.16. The Morgan fingerprint density at radius 3 is 1.94 bits per heavy atom. The monoisotopic (exact) mass is 452 g/mol. The summed E-state index contributed by atoms with van der Waals surface area (Å²) in [6, 6.07) is 0. The lowest BCUT2D eigenvalue weighted by molar-refractivity contribution is -0.150. The first-order valence-electron chi connectivity index (χ1n) is 13.4. The summed E-state index contributed by atoms with van der Waals surface area (Å²) in [5.74, 6) is -0.320. The van der Waals surface area contributed by atoms with Crippen molar-refractivity contribution >= 4 is 11.8 Å². The number of Topliss-reactive ketones (excluding diaryl/α,β-unsaturated/α-hetero) is 1. The molecule has 0 bridgehead atoms. The summed E-state index contributed by atoms with van der Waals surface area (Å²) < 4.78 is 0. The molecular formula is C28H52O4. The minimum atomic E-state index is -0.586. The molecule has 0 amide bonds. The molecule has 0 unspecified atom stereocenters. The molecule has 0 rings (SSSR count). The molecule has 2 N–H and O–H groups in total. The Labute approximate surface area is 198 Å². The number of aliphatic hydroxyl groups is 1. The predicted molar refractivity (Wildman–Crippen MR) is 135 cm³/mol. The van der Waals surface area contributed by atoms with E-state index in [1.165, 1.54) is 0 Å². The Kier molecular flexibility index (Phi) is 19.7. The summed E-state index contributed by atoms with van der Waals surface area (Å²) in [6.45, 7) is 5.92. The first kappa shape index (κ1) is 30.8. The fourth-order valence-electron chi connectivity index (χ4n) is 4.40. The summed E-state index contributed by atoms with van der Waals surface area (Å²) in [7, 11) is 0. The molecule has 0 spiro atoms. The van der Waals surface area contributed by atoms with Crippen LogP contribution in [0, 0.1) is 5.41 Å². The molecule has 0 fully saturated rings. The molecule has 1 atom stereocenters. The summed E-state index contributed by atoms with van der Waals surface area (Å²) >= 11 is 0. The van der Waals surface area contributed by atoms with Crippen molar-refractivity contribution < 1.29 is 19.8 Å². The number of hydrogen-bond donors (Lipinski definition) is 2. The van der Waals surface area contributed by atoms with Crippen molar-refractivity contribution in [2.24, 2.45) is 5.41 Å². The highest BCUT2D eigenvalue weighted by atomic mass is 16.4. The van der Waals surface area contributed by atoms with Crippen LogP contribution in [0.3, 0.4) is 0 Å². The third kappa shape index (κ3) is 16.5. The molecule has 0 aliphatic carbocycles. The van der Waals surface area contributed by atoms with E-state index in [0.717, 1.165) is 116 Å². The quantitative estimate of drug-likeness (QED) is 0.122. The summed E-state index contributed by atoms with van der Waals surface area (Å²) in [5.41, 5.74) is -0.504. The zero-order valence-corrected chi connectivity index (χ0v) is 21.4. The number of allylic oxidation sites excluding steroid dienone is 1. The van der Waals surface area contributed by atoms with Gasteiger partial charge >= 0.3 is 5.97 Å².